The van der Waals surface area contributed by atoms with E-state index in [0.717, 1.165) is 36.9 Å². The zero-order valence-electron chi connectivity index (χ0n) is 17.7. The summed E-state index contributed by atoms with van der Waals surface area (Å²) in [4.78, 5) is 18.9. The Balaban J connectivity index is 1.53. The quantitative estimate of drug-likeness (QED) is 0.406. The lowest BCUT2D eigenvalue weighted by molar-refractivity contribution is -0.138. The minimum absolute atomic E-state index is 0.0163. The largest absolute Gasteiger partial charge is 0.417 e. The first-order valence-corrected chi connectivity index (χ1v) is 11.0. The molecule has 1 fully saturated rings. The highest BCUT2D eigenvalue weighted by atomic mass is 35.5. The Hall–Kier alpha value is -3.15. The molecular formula is C22H16ClF6N5O. The Kier molecular flexibility index (Phi) is 5.53. The first kappa shape index (κ1) is 23.6. The molecule has 0 aliphatic carbocycles. The number of piperidine rings is 1. The molecule has 0 N–H and O–H groups in total. The number of aromatic nitrogens is 4. The van der Waals surface area contributed by atoms with E-state index in [9.17, 15) is 31.1 Å². The molecule has 2 aliphatic rings. The van der Waals surface area contributed by atoms with E-state index in [-0.39, 0.29) is 23.6 Å². The summed E-state index contributed by atoms with van der Waals surface area (Å²) < 4.78 is 81.1. The number of carbonyl (C=O) groups excluding carboxylic acids is 1. The molecule has 2 aromatic heterocycles. The van der Waals surface area contributed by atoms with Gasteiger partial charge in [0.15, 0.2) is 11.6 Å². The predicted octanol–water partition coefficient (Wildman–Crippen LogP) is 5.78. The number of hydrogen-bond acceptors (Lipinski definition) is 4. The number of alkyl halides is 6. The fourth-order valence-electron chi connectivity index (χ4n) is 4.75. The molecule has 2 atom stereocenters. The number of rotatable bonds is 2. The molecule has 13 heteroatoms. The van der Waals surface area contributed by atoms with E-state index in [1.165, 1.54) is 11.0 Å². The third kappa shape index (κ3) is 4.03. The van der Waals surface area contributed by atoms with Gasteiger partial charge in [-0.1, -0.05) is 17.7 Å². The summed E-state index contributed by atoms with van der Waals surface area (Å²) in [6.45, 7) is 0.161. The van der Waals surface area contributed by atoms with E-state index < -0.39 is 46.5 Å². The van der Waals surface area contributed by atoms with Crippen LogP contribution in [0.5, 0.6) is 0 Å². The van der Waals surface area contributed by atoms with Crippen molar-refractivity contribution >= 4 is 17.5 Å². The number of halogens is 7. The summed E-state index contributed by atoms with van der Waals surface area (Å²) in [5, 5.41) is 7.51. The van der Waals surface area contributed by atoms with Crippen molar-refractivity contribution in [2.24, 2.45) is 0 Å². The lowest BCUT2D eigenvalue weighted by Crippen LogP contribution is -2.52. The summed E-state index contributed by atoms with van der Waals surface area (Å²) in [7, 11) is 0. The molecule has 3 aromatic rings. The fourth-order valence-corrected chi connectivity index (χ4v) is 5.06. The molecule has 184 valence electrons. The highest BCUT2D eigenvalue weighted by Gasteiger charge is 2.44. The maximum Gasteiger partial charge on any atom is 0.417 e. The number of pyridine rings is 1. The van der Waals surface area contributed by atoms with Gasteiger partial charge in [-0.3, -0.25) is 9.78 Å². The van der Waals surface area contributed by atoms with Crippen molar-refractivity contribution in [2.45, 2.75) is 50.2 Å². The standard InChI is InChI=1S/C22H16ClF6N5O/c23-17-13(4-2-5-14(17)22(27,28)29)20(35)34-12-3-1-6-16(34)19-32-31-18(33(19)10-12)15-9-11(7-8-30-15)21(24,25)26/h2,4-5,7-9,12,16H,1,3,6,10H2/t12-,16+/m1/s1. The van der Waals surface area contributed by atoms with Crippen molar-refractivity contribution in [1.82, 2.24) is 24.6 Å². The fraction of sp³-hybridized carbons (Fsp3) is 0.364. The zero-order valence-corrected chi connectivity index (χ0v) is 18.5. The molecule has 35 heavy (non-hydrogen) atoms. The Morgan fingerprint density at radius 2 is 1.80 bits per heavy atom. The van der Waals surface area contributed by atoms with Crippen molar-refractivity contribution in [2.75, 3.05) is 0 Å². The van der Waals surface area contributed by atoms with Crippen molar-refractivity contribution < 1.29 is 31.1 Å². The van der Waals surface area contributed by atoms with Gasteiger partial charge >= 0.3 is 12.4 Å². The molecule has 1 amide bonds. The van der Waals surface area contributed by atoms with E-state index >= 15 is 0 Å². The number of benzene rings is 1. The minimum atomic E-state index is -4.72. The Bertz CT molecular complexity index is 1300. The summed E-state index contributed by atoms with van der Waals surface area (Å²) >= 11 is 6.00. The van der Waals surface area contributed by atoms with E-state index in [1.807, 2.05) is 0 Å². The van der Waals surface area contributed by atoms with Crippen molar-refractivity contribution in [3.8, 4) is 11.5 Å². The Morgan fingerprint density at radius 3 is 2.51 bits per heavy atom. The SMILES string of the molecule is O=C(c1cccc(C(F)(F)F)c1Cl)N1[C@@H]2CCC[C@H]1c1nnc(-c3cc(C(F)(F)F)ccn3)n1C2. The lowest BCUT2D eigenvalue weighted by atomic mass is 9.90. The van der Waals surface area contributed by atoms with Gasteiger partial charge in [0.1, 0.15) is 5.69 Å². The highest BCUT2D eigenvalue weighted by molar-refractivity contribution is 6.34. The maximum atomic E-state index is 13.4. The van der Waals surface area contributed by atoms with Gasteiger partial charge in [0.05, 0.1) is 33.8 Å². The summed E-state index contributed by atoms with van der Waals surface area (Å²) in [5.41, 5.74) is -2.27. The van der Waals surface area contributed by atoms with Gasteiger partial charge in [0.2, 0.25) is 0 Å². The Labute approximate surface area is 199 Å². The molecule has 2 bridgehead atoms. The van der Waals surface area contributed by atoms with E-state index in [4.69, 9.17) is 11.6 Å². The van der Waals surface area contributed by atoms with Gasteiger partial charge in [0, 0.05) is 12.7 Å². The monoisotopic (exact) mass is 515 g/mol. The second-order valence-electron chi connectivity index (χ2n) is 8.40. The van der Waals surface area contributed by atoms with Crippen LogP contribution in [0.2, 0.25) is 5.02 Å². The zero-order chi connectivity index (χ0) is 25.1. The van der Waals surface area contributed by atoms with Crippen LogP contribution in [0.4, 0.5) is 26.3 Å². The van der Waals surface area contributed by atoms with Gasteiger partial charge in [-0.2, -0.15) is 26.3 Å². The van der Waals surface area contributed by atoms with Crippen LogP contribution in [-0.2, 0) is 18.9 Å². The number of fused-ring (bicyclic) bond motifs is 4. The van der Waals surface area contributed by atoms with Gasteiger partial charge in [0.25, 0.3) is 5.91 Å². The molecule has 1 aromatic carbocycles. The number of carbonyl (C=O) groups is 1. The topological polar surface area (TPSA) is 63.9 Å². The number of amides is 1. The molecule has 2 aliphatic heterocycles. The van der Waals surface area contributed by atoms with Crippen molar-refractivity contribution in [1.29, 1.82) is 0 Å². The molecule has 1 saturated heterocycles. The molecule has 5 rings (SSSR count). The van der Waals surface area contributed by atoms with Gasteiger partial charge in [-0.25, -0.2) is 0 Å². The van der Waals surface area contributed by atoms with Gasteiger partial charge < -0.3 is 9.47 Å². The minimum Gasteiger partial charge on any atom is -0.324 e. The average molecular weight is 516 g/mol. The smallest absolute Gasteiger partial charge is 0.324 e. The third-order valence-electron chi connectivity index (χ3n) is 6.30. The van der Waals surface area contributed by atoms with Crippen molar-refractivity contribution in [3.05, 3.63) is 64.1 Å². The first-order chi connectivity index (χ1) is 16.5. The molecule has 0 radical (unpaired) electrons. The lowest BCUT2D eigenvalue weighted by Gasteiger charge is -2.45. The predicted molar refractivity (Wildman–Crippen MR) is 111 cm³/mol. The van der Waals surface area contributed by atoms with Gasteiger partial charge in [-0.05, 0) is 43.5 Å². The molecule has 4 heterocycles. The maximum absolute atomic E-state index is 13.4. The molecule has 0 spiro atoms. The van der Waals surface area contributed by atoms with Crippen LogP contribution in [0.25, 0.3) is 11.5 Å². The van der Waals surface area contributed by atoms with Crippen LogP contribution in [0.3, 0.4) is 0 Å². The first-order valence-electron chi connectivity index (χ1n) is 10.6. The van der Waals surface area contributed by atoms with Crippen LogP contribution < -0.4 is 0 Å². The third-order valence-corrected chi connectivity index (χ3v) is 6.71. The van der Waals surface area contributed by atoms with Crippen LogP contribution in [0.1, 0.15) is 52.6 Å². The van der Waals surface area contributed by atoms with Crippen LogP contribution >= 0.6 is 11.6 Å². The highest BCUT2D eigenvalue weighted by Crippen LogP contribution is 2.43. The summed E-state index contributed by atoms with van der Waals surface area (Å²) in [6.07, 6.45) is -6.50. The molecular weight excluding hydrogens is 500 g/mol. The van der Waals surface area contributed by atoms with E-state index in [1.54, 1.807) is 4.57 Å². The summed E-state index contributed by atoms with van der Waals surface area (Å²) in [6, 6.07) is 3.86. The van der Waals surface area contributed by atoms with E-state index in [0.29, 0.717) is 18.7 Å². The Morgan fingerprint density at radius 1 is 1.03 bits per heavy atom. The molecule has 6 nitrogen and oxygen atoms in total. The van der Waals surface area contributed by atoms with E-state index in [2.05, 4.69) is 15.2 Å². The average Bonchev–Trinajstić information content (AvgIpc) is 3.20. The van der Waals surface area contributed by atoms with Gasteiger partial charge in [-0.15, -0.1) is 10.2 Å². The molecule has 0 unspecified atom stereocenters. The number of nitrogens with zero attached hydrogens (tertiary/aromatic N) is 5. The second kappa shape index (κ2) is 8.21. The molecule has 0 saturated carbocycles. The summed E-state index contributed by atoms with van der Waals surface area (Å²) in [5.74, 6) is -0.192. The van der Waals surface area contributed by atoms with Crippen LogP contribution in [0.15, 0.2) is 36.5 Å². The van der Waals surface area contributed by atoms with Crippen molar-refractivity contribution in [3.63, 3.8) is 0 Å². The van der Waals surface area contributed by atoms with Crippen LogP contribution in [-0.4, -0.2) is 36.6 Å². The van der Waals surface area contributed by atoms with Crippen LogP contribution in [0, 0.1) is 0 Å². The second-order valence-corrected chi connectivity index (χ2v) is 8.78. The number of hydrogen-bond donors (Lipinski definition) is 0. The normalized spacial score (nSPS) is 20.0.